The summed E-state index contributed by atoms with van der Waals surface area (Å²) in [7, 11) is 0. The fraction of sp³-hybridized carbons (Fsp3) is 0.222. The largest absolute Gasteiger partial charge is 0.382 e. The van der Waals surface area contributed by atoms with E-state index in [1.54, 1.807) is 12.1 Å². The van der Waals surface area contributed by atoms with Crippen LogP contribution in [0.15, 0.2) is 24.3 Å². The van der Waals surface area contributed by atoms with E-state index < -0.39 is 12.5 Å². The summed E-state index contributed by atoms with van der Waals surface area (Å²) in [5.74, 6) is 0. The standard InChI is InChI=1S/C9H7F2NO/c10-9(11)8(13)7-4-2-1-3-6(7)5-12/h1-4,8-9,13H. The predicted octanol–water partition coefficient (Wildman–Crippen LogP) is 1.86. The minimum atomic E-state index is -2.87. The Bertz CT molecular complexity index is 333. The molecule has 4 heteroatoms. The van der Waals surface area contributed by atoms with Crippen LogP contribution in [0.3, 0.4) is 0 Å². The van der Waals surface area contributed by atoms with Crippen molar-refractivity contribution in [1.82, 2.24) is 0 Å². The highest BCUT2D eigenvalue weighted by Gasteiger charge is 2.21. The summed E-state index contributed by atoms with van der Waals surface area (Å²) in [6.45, 7) is 0. The van der Waals surface area contributed by atoms with E-state index in [-0.39, 0.29) is 11.1 Å². The number of aliphatic hydroxyl groups excluding tert-OH is 1. The monoisotopic (exact) mass is 183 g/mol. The van der Waals surface area contributed by atoms with Gasteiger partial charge in [0.2, 0.25) is 0 Å². The molecule has 0 aliphatic heterocycles. The van der Waals surface area contributed by atoms with Crippen molar-refractivity contribution in [3.63, 3.8) is 0 Å². The first-order valence-electron chi connectivity index (χ1n) is 3.62. The molecule has 0 heterocycles. The molecule has 0 saturated carbocycles. The average Bonchev–Trinajstić information content (AvgIpc) is 2.16. The van der Waals surface area contributed by atoms with Crippen LogP contribution >= 0.6 is 0 Å². The highest BCUT2D eigenvalue weighted by Crippen LogP contribution is 2.22. The van der Waals surface area contributed by atoms with E-state index in [1.165, 1.54) is 18.2 Å². The SMILES string of the molecule is N#Cc1ccccc1C(O)C(F)F. The van der Waals surface area contributed by atoms with Crippen LogP contribution in [0, 0.1) is 11.3 Å². The van der Waals surface area contributed by atoms with Gasteiger partial charge in [-0.05, 0) is 6.07 Å². The van der Waals surface area contributed by atoms with Crippen LogP contribution in [-0.2, 0) is 0 Å². The van der Waals surface area contributed by atoms with Gasteiger partial charge < -0.3 is 5.11 Å². The molecule has 1 aromatic rings. The van der Waals surface area contributed by atoms with E-state index in [0.717, 1.165) is 0 Å². The summed E-state index contributed by atoms with van der Waals surface area (Å²) >= 11 is 0. The second-order valence-electron chi connectivity index (χ2n) is 2.48. The maximum atomic E-state index is 12.1. The topological polar surface area (TPSA) is 44.0 Å². The predicted molar refractivity (Wildman–Crippen MR) is 42.1 cm³/mol. The molecule has 0 spiro atoms. The summed E-state index contributed by atoms with van der Waals surface area (Å²) in [4.78, 5) is 0. The van der Waals surface area contributed by atoms with Crippen LogP contribution < -0.4 is 0 Å². The van der Waals surface area contributed by atoms with Gasteiger partial charge in [-0.1, -0.05) is 18.2 Å². The van der Waals surface area contributed by atoms with Gasteiger partial charge >= 0.3 is 0 Å². The Labute approximate surface area is 74.0 Å². The summed E-state index contributed by atoms with van der Waals surface area (Å²) in [5.41, 5.74) is 0.0512. The van der Waals surface area contributed by atoms with Crippen molar-refractivity contribution >= 4 is 0 Å². The number of aliphatic hydroxyl groups is 1. The Hall–Kier alpha value is -1.47. The van der Waals surface area contributed by atoms with Crippen LogP contribution in [-0.4, -0.2) is 11.5 Å². The molecule has 0 aliphatic carbocycles. The van der Waals surface area contributed by atoms with Crippen LogP contribution in [0.1, 0.15) is 17.2 Å². The molecule has 68 valence electrons. The number of alkyl halides is 2. The molecular weight excluding hydrogens is 176 g/mol. The second kappa shape index (κ2) is 3.97. The van der Waals surface area contributed by atoms with Crippen molar-refractivity contribution in [2.24, 2.45) is 0 Å². The van der Waals surface area contributed by atoms with Gasteiger partial charge in [-0.25, -0.2) is 8.78 Å². The van der Waals surface area contributed by atoms with Crippen LogP contribution in [0.2, 0.25) is 0 Å². The first-order valence-corrected chi connectivity index (χ1v) is 3.62. The third-order valence-corrected chi connectivity index (χ3v) is 1.64. The van der Waals surface area contributed by atoms with Gasteiger partial charge in [-0.2, -0.15) is 5.26 Å². The lowest BCUT2D eigenvalue weighted by Crippen LogP contribution is -2.09. The molecule has 13 heavy (non-hydrogen) atoms. The van der Waals surface area contributed by atoms with Crippen LogP contribution in [0.4, 0.5) is 8.78 Å². The van der Waals surface area contributed by atoms with Crippen molar-refractivity contribution in [3.05, 3.63) is 35.4 Å². The first-order chi connectivity index (χ1) is 6.16. The molecule has 0 saturated heterocycles. The van der Waals surface area contributed by atoms with Crippen LogP contribution in [0.25, 0.3) is 0 Å². The molecule has 0 radical (unpaired) electrons. The van der Waals surface area contributed by atoms with Gasteiger partial charge in [-0.3, -0.25) is 0 Å². The van der Waals surface area contributed by atoms with Gasteiger partial charge in [0.25, 0.3) is 6.43 Å². The zero-order valence-corrected chi connectivity index (χ0v) is 6.61. The Morgan fingerprint density at radius 3 is 2.46 bits per heavy atom. The highest BCUT2D eigenvalue weighted by molar-refractivity contribution is 5.38. The van der Waals surface area contributed by atoms with Gasteiger partial charge in [0.1, 0.15) is 6.10 Å². The zero-order chi connectivity index (χ0) is 9.84. The number of halogens is 2. The smallest absolute Gasteiger partial charge is 0.268 e. The number of rotatable bonds is 2. The summed E-state index contributed by atoms with van der Waals surface area (Å²) in [6.07, 6.45) is -4.75. The summed E-state index contributed by atoms with van der Waals surface area (Å²) in [5, 5.41) is 17.6. The Morgan fingerprint density at radius 1 is 1.31 bits per heavy atom. The Balaban J connectivity index is 3.07. The lowest BCUT2D eigenvalue weighted by Gasteiger charge is -2.10. The maximum absolute atomic E-state index is 12.1. The lowest BCUT2D eigenvalue weighted by molar-refractivity contribution is -0.00592. The van der Waals surface area contributed by atoms with Gasteiger partial charge in [0, 0.05) is 5.56 Å². The molecule has 0 fully saturated rings. The molecule has 1 aromatic carbocycles. The minimum absolute atomic E-state index is 0.0278. The number of nitrogens with zero attached hydrogens (tertiary/aromatic N) is 1. The fourth-order valence-electron chi connectivity index (χ4n) is 0.992. The first kappa shape index (κ1) is 9.62. The average molecular weight is 183 g/mol. The highest BCUT2D eigenvalue weighted by atomic mass is 19.3. The van der Waals surface area contributed by atoms with E-state index in [2.05, 4.69) is 0 Å². The third-order valence-electron chi connectivity index (χ3n) is 1.64. The molecule has 0 aromatic heterocycles. The van der Waals surface area contributed by atoms with Crippen molar-refractivity contribution in [2.75, 3.05) is 0 Å². The summed E-state index contributed by atoms with van der Waals surface area (Å²) < 4.78 is 24.1. The van der Waals surface area contributed by atoms with Gasteiger partial charge in [-0.15, -0.1) is 0 Å². The molecule has 0 bridgehead atoms. The van der Waals surface area contributed by atoms with Gasteiger partial charge in [0.05, 0.1) is 11.6 Å². The molecule has 2 nitrogen and oxygen atoms in total. The third kappa shape index (κ3) is 2.01. The molecule has 1 rings (SSSR count). The number of hydrogen-bond acceptors (Lipinski definition) is 2. The normalized spacial score (nSPS) is 12.5. The Morgan fingerprint density at radius 2 is 1.92 bits per heavy atom. The van der Waals surface area contributed by atoms with Crippen molar-refractivity contribution < 1.29 is 13.9 Å². The fourth-order valence-corrected chi connectivity index (χ4v) is 0.992. The number of hydrogen-bond donors (Lipinski definition) is 1. The molecule has 1 atom stereocenters. The quantitative estimate of drug-likeness (QED) is 0.760. The zero-order valence-electron chi connectivity index (χ0n) is 6.61. The summed E-state index contributed by atoms with van der Waals surface area (Å²) in [6, 6.07) is 7.50. The number of benzene rings is 1. The molecular formula is C9H7F2NO. The van der Waals surface area contributed by atoms with E-state index in [9.17, 15) is 8.78 Å². The Kier molecular flexibility index (Phi) is 2.93. The van der Waals surface area contributed by atoms with Crippen molar-refractivity contribution in [2.45, 2.75) is 12.5 Å². The maximum Gasteiger partial charge on any atom is 0.268 e. The van der Waals surface area contributed by atoms with E-state index in [1.807, 2.05) is 0 Å². The molecule has 1 N–H and O–H groups in total. The van der Waals surface area contributed by atoms with Gasteiger partial charge in [0.15, 0.2) is 0 Å². The molecule has 0 amide bonds. The van der Waals surface area contributed by atoms with Crippen LogP contribution in [0.5, 0.6) is 0 Å². The van der Waals surface area contributed by atoms with Crippen molar-refractivity contribution in [3.8, 4) is 6.07 Å². The van der Waals surface area contributed by atoms with Crippen molar-refractivity contribution in [1.29, 1.82) is 5.26 Å². The number of nitriles is 1. The van der Waals surface area contributed by atoms with E-state index in [4.69, 9.17) is 10.4 Å². The second-order valence-corrected chi connectivity index (χ2v) is 2.48. The minimum Gasteiger partial charge on any atom is -0.382 e. The van der Waals surface area contributed by atoms with E-state index >= 15 is 0 Å². The lowest BCUT2D eigenvalue weighted by atomic mass is 10.0. The molecule has 1 unspecified atom stereocenters. The molecule has 0 aliphatic rings. The van der Waals surface area contributed by atoms with E-state index in [0.29, 0.717) is 0 Å².